The maximum atomic E-state index is 13.7. The molecular formula is C31H59N3O7. The zero-order chi connectivity index (χ0) is 30.7. The molecule has 2 rings (SSSR count). The van der Waals surface area contributed by atoms with Crippen molar-refractivity contribution >= 4 is 11.8 Å². The van der Waals surface area contributed by atoms with Crippen molar-refractivity contribution in [3.63, 3.8) is 0 Å². The van der Waals surface area contributed by atoms with E-state index in [0.29, 0.717) is 18.3 Å². The van der Waals surface area contributed by atoms with Gasteiger partial charge in [-0.3, -0.25) is 14.5 Å². The number of likely N-dealkylation sites (N-methyl/N-ethyl adjacent to an activating group) is 1. The molecule has 2 N–H and O–H groups in total. The zero-order valence-corrected chi connectivity index (χ0v) is 27.2. The molecule has 41 heavy (non-hydrogen) atoms. The number of hydrogen-bond acceptors (Lipinski definition) is 10. The Bertz CT molecular complexity index is 798. The number of methoxy groups -OCH3 is 1. The minimum Gasteiger partial charge on any atom is -0.463 e. The topological polar surface area (TPSA) is 110 Å². The minimum atomic E-state index is -1.37. The summed E-state index contributed by atoms with van der Waals surface area (Å²) in [6.07, 6.45) is 3.11. The third-order valence-electron chi connectivity index (χ3n) is 9.06. The van der Waals surface area contributed by atoms with Crippen LogP contribution in [0.3, 0.4) is 0 Å². The molecule has 0 amide bonds. The molecule has 240 valence electrons. The van der Waals surface area contributed by atoms with Crippen LogP contribution in [0.4, 0.5) is 0 Å². The number of nitrogens with zero attached hydrogens (tertiary/aromatic N) is 2. The summed E-state index contributed by atoms with van der Waals surface area (Å²) in [6.45, 7) is 15.5. The summed E-state index contributed by atoms with van der Waals surface area (Å²) in [5.41, 5.74) is -1.37. The molecule has 0 aromatic rings. The van der Waals surface area contributed by atoms with Gasteiger partial charge in [0.15, 0.2) is 18.4 Å². The maximum Gasteiger partial charge on any atom is 0.319 e. The molecule has 0 aliphatic carbocycles. The van der Waals surface area contributed by atoms with Crippen LogP contribution in [0.15, 0.2) is 0 Å². The predicted octanol–water partition coefficient (Wildman–Crippen LogP) is 2.91. The van der Waals surface area contributed by atoms with Gasteiger partial charge in [0.2, 0.25) is 0 Å². The van der Waals surface area contributed by atoms with Crippen molar-refractivity contribution in [2.45, 2.75) is 104 Å². The molecule has 10 nitrogen and oxygen atoms in total. The van der Waals surface area contributed by atoms with E-state index in [1.54, 1.807) is 20.8 Å². The van der Waals surface area contributed by atoms with Gasteiger partial charge in [0, 0.05) is 45.3 Å². The van der Waals surface area contributed by atoms with Crippen LogP contribution in [0, 0.1) is 23.2 Å². The SMILES string of the molecule is CCN1CCC[C@@H]([C@H](COC(=O)C(C)(C)C(=O)[C@H](C)[C@H](OC)OC2C[C@@H](NC)C[C@@H](C)O2)N(C)C[C@H](C)CCO)C1. The van der Waals surface area contributed by atoms with Crippen LogP contribution in [0.5, 0.6) is 0 Å². The number of carbonyl (C=O) groups excluding carboxylic acids is 2. The lowest BCUT2D eigenvalue weighted by atomic mass is 9.81. The lowest BCUT2D eigenvalue weighted by molar-refractivity contribution is -0.275. The van der Waals surface area contributed by atoms with Crippen LogP contribution in [-0.4, -0.2) is 118 Å². The van der Waals surface area contributed by atoms with Gasteiger partial charge in [-0.1, -0.05) is 20.8 Å². The quantitative estimate of drug-likeness (QED) is 0.150. The Morgan fingerprint density at radius 1 is 1.24 bits per heavy atom. The normalized spacial score (nSPS) is 27.3. The fourth-order valence-electron chi connectivity index (χ4n) is 6.34. The summed E-state index contributed by atoms with van der Waals surface area (Å²) < 4.78 is 23.6. The van der Waals surface area contributed by atoms with Gasteiger partial charge in [0.1, 0.15) is 12.0 Å². The van der Waals surface area contributed by atoms with E-state index in [0.717, 1.165) is 51.9 Å². The second kappa shape index (κ2) is 17.2. The van der Waals surface area contributed by atoms with Crippen molar-refractivity contribution in [3.05, 3.63) is 0 Å². The van der Waals surface area contributed by atoms with Crippen LogP contribution >= 0.6 is 0 Å². The molecule has 0 radical (unpaired) electrons. The zero-order valence-electron chi connectivity index (χ0n) is 27.2. The highest BCUT2D eigenvalue weighted by atomic mass is 16.8. The van der Waals surface area contributed by atoms with E-state index in [-0.39, 0.29) is 37.2 Å². The van der Waals surface area contributed by atoms with E-state index < -0.39 is 29.9 Å². The van der Waals surface area contributed by atoms with Gasteiger partial charge >= 0.3 is 5.97 Å². The lowest BCUT2D eigenvalue weighted by Crippen LogP contribution is -2.51. The van der Waals surface area contributed by atoms with Gasteiger partial charge in [-0.2, -0.15) is 0 Å². The number of carbonyl (C=O) groups is 2. The van der Waals surface area contributed by atoms with Crippen LogP contribution in [0.25, 0.3) is 0 Å². The number of Topliss-reactive ketones (excluding diaryl/α,β-unsaturated/α-hetero) is 1. The Balaban J connectivity index is 2.08. The third-order valence-corrected chi connectivity index (χ3v) is 9.06. The summed E-state index contributed by atoms with van der Waals surface area (Å²) in [7, 11) is 5.49. The number of piperidine rings is 1. The molecule has 8 atom stereocenters. The van der Waals surface area contributed by atoms with Crippen molar-refractivity contribution < 1.29 is 33.6 Å². The summed E-state index contributed by atoms with van der Waals surface area (Å²) >= 11 is 0. The molecule has 10 heteroatoms. The molecule has 2 aliphatic heterocycles. The number of rotatable bonds is 17. The first kappa shape index (κ1) is 36.1. The van der Waals surface area contributed by atoms with Crippen molar-refractivity contribution in [2.24, 2.45) is 23.2 Å². The molecule has 2 aliphatic rings. The smallest absolute Gasteiger partial charge is 0.319 e. The highest BCUT2D eigenvalue weighted by molar-refractivity contribution is 6.04. The molecule has 0 saturated carbocycles. The number of hydrogen-bond donors (Lipinski definition) is 2. The second-order valence-electron chi connectivity index (χ2n) is 12.9. The van der Waals surface area contributed by atoms with Crippen molar-refractivity contribution in [3.8, 4) is 0 Å². The predicted molar refractivity (Wildman–Crippen MR) is 159 cm³/mol. The van der Waals surface area contributed by atoms with Gasteiger partial charge in [-0.15, -0.1) is 0 Å². The van der Waals surface area contributed by atoms with E-state index in [4.69, 9.17) is 18.9 Å². The molecule has 2 fully saturated rings. The Morgan fingerprint density at radius 3 is 2.56 bits per heavy atom. The monoisotopic (exact) mass is 585 g/mol. The van der Waals surface area contributed by atoms with Crippen LogP contribution in [-0.2, 0) is 28.5 Å². The minimum absolute atomic E-state index is 0.0207. The van der Waals surface area contributed by atoms with Crippen LogP contribution < -0.4 is 5.32 Å². The number of ether oxygens (including phenoxy) is 4. The van der Waals surface area contributed by atoms with Gasteiger partial charge in [-0.05, 0) is 85.5 Å². The van der Waals surface area contributed by atoms with Gasteiger partial charge in [0.25, 0.3) is 0 Å². The first-order valence-electron chi connectivity index (χ1n) is 15.6. The van der Waals surface area contributed by atoms with E-state index >= 15 is 0 Å². The van der Waals surface area contributed by atoms with Gasteiger partial charge in [0.05, 0.1) is 12.0 Å². The number of nitrogens with one attached hydrogen (secondary N) is 1. The number of aliphatic hydroxyl groups is 1. The van der Waals surface area contributed by atoms with E-state index in [2.05, 4.69) is 36.0 Å². The number of ketones is 1. The average Bonchev–Trinajstić information content (AvgIpc) is 2.94. The third kappa shape index (κ3) is 10.5. The highest BCUT2D eigenvalue weighted by Crippen LogP contribution is 2.30. The van der Waals surface area contributed by atoms with Crippen molar-refractivity contribution in [1.82, 2.24) is 15.1 Å². The van der Waals surface area contributed by atoms with Crippen LogP contribution in [0.2, 0.25) is 0 Å². The molecule has 0 spiro atoms. The molecule has 0 aromatic heterocycles. The Morgan fingerprint density at radius 2 is 1.95 bits per heavy atom. The standard InChI is InChI=1S/C31H59N3O7/c1-10-34-14-11-12-24(19-34)26(33(8)18-21(2)13-15-35)20-39-30(37)31(5,6)28(36)23(4)29(38-9)41-27-17-25(32-7)16-22(3)40-27/h21-27,29,32,35H,10-20H2,1-9H3/t21-,22-,23+,24-,25+,26+,27?,29-/m1/s1. The largest absolute Gasteiger partial charge is 0.463 e. The van der Waals surface area contributed by atoms with Crippen molar-refractivity contribution in [2.75, 3.05) is 60.6 Å². The summed E-state index contributed by atoms with van der Waals surface area (Å²) in [5.74, 6) is -0.859. The first-order valence-corrected chi connectivity index (χ1v) is 15.6. The number of esters is 1. The molecule has 0 bridgehead atoms. The fourth-order valence-corrected chi connectivity index (χ4v) is 6.34. The van der Waals surface area contributed by atoms with Crippen LogP contribution in [0.1, 0.15) is 73.6 Å². The second-order valence-corrected chi connectivity index (χ2v) is 12.9. The van der Waals surface area contributed by atoms with Crippen molar-refractivity contribution in [1.29, 1.82) is 0 Å². The van der Waals surface area contributed by atoms with E-state index in [1.807, 2.05) is 14.0 Å². The number of likely N-dealkylation sites (tertiary alicyclic amines) is 1. The molecular weight excluding hydrogens is 526 g/mol. The molecule has 1 unspecified atom stereocenters. The molecule has 0 aromatic carbocycles. The Hall–Kier alpha value is -1.14. The van der Waals surface area contributed by atoms with E-state index in [1.165, 1.54) is 7.11 Å². The molecule has 2 heterocycles. The first-order chi connectivity index (χ1) is 19.4. The molecule has 2 saturated heterocycles. The highest BCUT2D eigenvalue weighted by Gasteiger charge is 2.44. The fraction of sp³-hybridized carbons (Fsp3) is 0.935. The maximum absolute atomic E-state index is 13.7. The number of aliphatic hydroxyl groups excluding tert-OH is 1. The Labute approximate surface area is 248 Å². The summed E-state index contributed by atoms with van der Waals surface area (Å²) in [6, 6.07) is 0.281. The van der Waals surface area contributed by atoms with E-state index in [9.17, 15) is 14.7 Å². The van der Waals surface area contributed by atoms with Gasteiger partial charge < -0.3 is 34.3 Å². The average molecular weight is 586 g/mol. The lowest BCUT2D eigenvalue weighted by Gasteiger charge is -2.41. The Kier molecular flexibility index (Phi) is 15.1. The summed E-state index contributed by atoms with van der Waals surface area (Å²) in [4.78, 5) is 31.8. The van der Waals surface area contributed by atoms with Gasteiger partial charge in [-0.25, -0.2) is 0 Å². The summed E-state index contributed by atoms with van der Waals surface area (Å²) in [5, 5.41) is 12.7.